The van der Waals surface area contributed by atoms with Crippen molar-refractivity contribution >= 4 is 9.84 Å². The SMILES string of the molecule is CC[C@@H]1C[C@@H](S(C)(=O)=O)CN1. The van der Waals surface area contributed by atoms with Crippen LogP contribution in [0.4, 0.5) is 0 Å². The summed E-state index contributed by atoms with van der Waals surface area (Å²) >= 11 is 0. The summed E-state index contributed by atoms with van der Waals surface area (Å²) < 4.78 is 22.1. The van der Waals surface area contributed by atoms with Gasteiger partial charge in [0.25, 0.3) is 0 Å². The van der Waals surface area contributed by atoms with Gasteiger partial charge in [-0.05, 0) is 12.8 Å². The first-order chi connectivity index (χ1) is 5.04. The second-order valence-corrected chi connectivity index (χ2v) is 5.53. The van der Waals surface area contributed by atoms with Gasteiger partial charge in [-0.25, -0.2) is 8.42 Å². The van der Waals surface area contributed by atoms with E-state index >= 15 is 0 Å². The number of rotatable bonds is 2. The molecule has 4 heteroatoms. The second-order valence-electron chi connectivity index (χ2n) is 3.20. The smallest absolute Gasteiger partial charge is 0.151 e. The van der Waals surface area contributed by atoms with E-state index in [1.807, 2.05) is 0 Å². The van der Waals surface area contributed by atoms with E-state index in [-0.39, 0.29) is 5.25 Å². The Morgan fingerprint density at radius 1 is 1.55 bits per heavy atom. The highest BCUT2D eigenvalue weighted by Gasteiger charge is 2.29. The van der Waals surface area contributed by atoms with Gasteiger partial charge >= 0.3 is 0 Å². The molecule has 0 aromatic rings. The van der Waals surface area contributed by atoms with E-state index in [1.165, 1.54) is 6.26 Å². The van der Waals surface area contributed by atoms with E-state index in [0.29, 0.717) is 12.6 Å². The standard InChI is InChI=1S/C7H15NO2S/c1-3-6-4-7(5-8-6)11(2,9)10/h6-8H,3-5H2,1-2H3/t6-,7-/m1/s1. The first kappa shape index (κ1) is 9.00. The van der Waals surface area contributed by atoms with Crippen molar-refractivity contribution in [2.24, 2.45) is 0 Å². The van der Waals surface area contributed by atoms with Crippen LogP contribution in [-0.2, 0) is 9.84 Å². The lowest BCUT2D eigenvalue weighted by atomic mass is 10.2. The second kappa shape index (κ2) is 3.11. The maximum absolute atomic E-state index is 11.1. The largest absolute Gasteiger partial charge is 0.313 e. The molecule has 0 unspecified atom stereocenters. The molecule has 1 rings (SSSR count). The molecule has 66 valence electrons. The fourth-order valence-electron chi connectivity index (χ4n) is 1.42. The Hall–Kier alpha value is -0.0900. The van der Waals surface area contributed by atoms with E-state index in [4.69, 9.17) is 0 Å². The van der Waals surface area contributed by atoms with Crippen LogP contribution in [0.3, 0.4) is 0 Å². The average molecular weight is 177 g/mol. The molecule has 1 N–H and O–H groups in total. The van der Waals surface area contributed by atoms with Gasteiger partial charge in [0.2, 0.25) is 0 Å². The minimum absolute atomic E-state index is 0.146. The molecular weight excluding hydrogens is 162 g/mol. The molecule has 1 saturated heterocycles. The van der Waals surface area contributed by atoms with Gasteiger partial charge in [-0.1, -0.05) is 6.92 Å². The van der Waals surface area contributed by atoms with Crippen molar-refractivity contribution < 1.29 is 8.42 Å². The van der Waals surface area contributed by atoms with Crippen LogP contribution in [0.2, 0.25) is 0 Å². The predicted octanol–water partition coefficient (Wildman–Crippen LogP) is 0.172. The Labute approximate surface area is 68.1 Å². The minimum Gasteiger partial charge on any atom is -0.313 e. The summed E-state index contributed by atoms with van der Waals surface area (Å²) in [6.07, 6.45) is 3.12. The van der Waals surface area contributed by atoms with E-state index in [0.717, 1.165) is 12.8 Å². The number of hydrogen-bond acceptors (Lipinski definition) is 3. The summed E-state index contributed by atoms with van der Waals surface area (Å²) in [4.78, 5) is 0. The third kappa shape index (κ3) is 2.17. The van der Waals surface area contributed by atoms with Gasteiger partial charge in [0, 0.05) is 18.8 Å². The summed E-state index contributed by atoms with van der Waals surface area (Å²) in [6.45, 7) is 2.71. The molecule has 0 radical (unpaired) electrons. The fraction of sp³-hybridized carbons (Fsp3) is 1.00. The number of nitrogens with one attached hydrogen (secondary N) is 1. The average Bonchev–Trinajstić information content (AvgIpc) is 2.32. The van der Waals surface area contributed by atoms with Gasteiger partial charge in [0.1, 0.15) is 0 Å². The third-order valence-corrected chi connectivity index (χ3v) is 3.85. The summed E-state index contributed by atoms with van der Waals surface area (Å²) in [5.41, 5.74) is 0. The van der Waals surface area contributed by atoms with Crippen LogP contribution in [0.15, 0.2) is 0 Å². The molecule has 1 heterocycles. The van der Waals surface area contributed by atoms with Gasteiger partial charge in [0.05, 0.1) is 5.25 Å². The summed E-state index contributed by atoms with van der Waals surface area (Å²) in [5.74, 6) is 0. The lowest BCUT2D eigenvalue weighted by molar-refractivity contribution is 0.576. The van der Waals surface area contributed by atoms with Crippen LogP contribution >= 0.6 is 0 Å². The van der Waals surface area contributed by atoms with Gasteiger partial charge in [0.15, 0.2) is 9.84 Å². The third-order valence-electron chi connectivity index (χ3n) is 2.28. The Morgan fingerprint density at radius 2 is 2.18 bits per heavy atom. The molecular formula is C7H15NO2S. The van der Waals surface area contributed by atoms with Crippen molar-refractivity contribution in [2.75, 3.05) is 12.8 Å². The van der Waals surface area contributed by atoms with E-state index in [1.54, 1.807) is 0 Å². The molecule has 11 heavy (non-hydrogen) atoms. The quantitative estimate of drug-likeness (QED) is 0.654. The molecule has 0 aromatic carbocycles. The Morgan fingerprint density at radius 3 is 2.45 bits per heavy atom. The highest BCUT2D eigenvalue weighted by atomic mass is 32.2. The molecule has 0 aliphatic carbocycles. The molecule has 3 nitrogen and oxygen atoms in total. The molecule has 0 amide bonds. The molecule has 1 aliphatic heterocycles. The van der Waals surface area contributed by atoms with Crippen molar-refractivity contribution in [3.8, 4) is 0 Å². The van der Waals surface area contributed by atoms with Crippen molar-refractivity contribution in [1.29, 1.82) is 0 Å². The fourth-order valence-corrected chi connectivity index (χ4v) is 2.40. The molecule has 2 atom stereocenters. The van der Waals surface area contributed by atoms with Crippen LogP contribution in [-0.4, -0.2) is 32.5 Å². The van der Waals surface area contributed by atoms with Crippen molar-refractivity contribution in [3.63, 3.8) is 0 Å². The zero-order chi connectivity index (χ0) is 8.48. The maximum atomic E-state index is 11.1. The van der Waals surface area contributed by atoms with Crippen LogP contribution in [0.1, 0.15) is 19.8 Å². The van der Waals surface area contributed by atoms with Crippen molar-refractivity contribution in [1.82, 2.24) is 5.32 Å². The zero-order valence-corrected chi connectivity index (χ0v) is 7.82. The van der Waals surface area contributed by atoms with Gasteiger partial charge in [-0.2, -0.15) is 0 Å². The molecule has 0 bridgehead atoms. The van der Waals surface area contributed by atoms with Crippen molar-refractivity contribution in [2.45, 2.75) is 31.1 Å². The van der Waals surface area contributed by atoms with Crippen LogP contribution in [0.25, 0.3) is 0 Å². The summed E-state index contributed by atoms with van der Waals surface area (Å²) in [7, 11) is -2.81. The van der Waals surface area contributed by atoms with Crippen LogP contribution in [0.5, 0.6) is 0 Å². The number of sulfone groups is 1. The van der Waals surface area contributed by atoms with Gasteiger partial charge in [-0.3, -0.25) is 0 Å². The van der Waals surface area contributed by atoms with Gasteiger partial charge < -0.3 is 5.32 Å². The first-order valence-electron chi connectivity index (χ1n) is 3.96. The predicted molar refractivity (Wildman–Crippen MR) is 45.3 cm³/mol. The molecule has 0 saturated carbocycles. The van der Waals surface area contributed by atoms with Crippen LogP contribution < -0.4 is 5.32 Å². The highest BCUT2D eigenvalue weighted by molar-refractivity contribution is 7.91. The first-order valence-corrected chi connectivity index (χ1v) is 5.91. The Balaban J connectivity index is 2.55. The summed E-state index contributed by atoms with van der Waals surface area (Å²) in [6, 6.07) is 0.412. The maximum Gasteiger partial charge on any atom is 0.151 e. The topological polar surface area (TPSA) is 46.2 Å². The van der Waals surface area contributed by atoms with E-state index in [9.17, 15) is 8.42 Å². The highest BCUT2D eigenvalue weighted by Crippen LogP contribution is 2.15. The van der Waals surface area contributed by atoms with Gasteiger partial charge in [-0.15, -0.1) is 0 Å². The van der Waals surface area contributed by atoms with E-state index < -0.39 is 9.84 Å². The van der Waals surface area contributed by atoms with Crippen molar-refractivity contribution in [3.05, 3.63) is 0 Å². The Kier molecular flexibility index (Phi) is 2.54. The normalized spacial score (nSPS) is 32.5. The minimum atomic E-state index is -2.81. The molecule has 0 aromatic heterocycles. The zero-order valence-electron chi connectivity index (χ0n) is 7.00. The summed E-state index contributed by atoms with van der Waals surface area (Å²) in [5, 5.41) is 3.04. The monoisotopic (exact) mass is 177 g/mol. The Bertz CT molecular complexity index is 223. The number of hydrogen-bond donors (Lipinski definition) is 1. The van der Waals surface area contributed by atoms with E-state index in [2.05, 4.69) is 12.2 Å². The molecule has 1 fully saturated rings. The lowest BCUT2D eigenvalue weighted by Gasteiger charge is -2.05. The molecule has 1 aliphatic rings. The lowest BCUT2D eigenvalue weighted by Crippen LogP contribution is -2.23. The van der Waals surface area contributed by atoms with Crippen LogP contribution in [0, 0.1) is 0 Å². The molecule has 0 spiro atoms.